The second-order valence-corrected chi connectivity index (χ2v) is 10.3. The van der Waals surface area contributed by atoms with Crippen LogP contribution in [0.3, 0.4) is 0 Å². The van der Waals surface area contributed by atoms with E-state index in [0.717, 1.165) is 28.2 Å². The predicted octanol–water partition coefficient (Wildman–Crippen LogP) is 4.66. The first-order valence-corrected chi connectivity index (χ1v) is 12.9. The van der Waals surface area contributed by atoms with Crippen LogP contribution in [0.25, 0.3) is 16.8 Å². The molecular formula is C29H34FN5O5. The number of amides is 1. The van der Waals surface area contributed by atoms with E-state index in [9.17, 15) is 14.0 Å². The highest BCUT2D eigenvalue weighted by atomic mass is 19.1. The third kappa shape index (κ3) is 6.59. The summed E-state index contributed by atoms with van der Waals surface area (Å²) in [6.45, 7) is 7.87. The second-order valence-electron chi connectivity index (χ2n) is 10.3. The van der Waals surface area contributed by atoms with Gasteiger partial charge in [0, 0.05) is 73.0 Å². The second kappa shape index (κ2) is 11.8. The highest BCUT2D eigenvalue weighted by Crippen LogP contribution is 2.32. The summed E-state index contributed by atoms with van der Waals surface area (Å²) >= 11 is 0. The fourth-order valence-corrected chi connectivity index (χ4v) is 4.31. The number of hydrogen-bond donors (Lipinski definition) is 1. The Labute approximate surface area is 232 Å². The van der Waals surface area contributed by atoms with Crippen molar-refractivity contribution in [2.24, 2.45) is 7.05 Å². The van der Waals surface area contributed by atoms with Gasteiger partial charge in [0.1, 0.15) is 22.8 Å². The number of ether oxygens (including phenoxy) is 3. The van der Waals surface area contributed by atoms with Gasteiger partial charge in [-0.2, -0.15) is 5.10 Å². The number of aromatic nitrogens is 4. The minimum absolute atomic E-state index is 0.196. The molecule has 0 saturated heterocycles. The van der Waals surface area contributed by atoms with E-state index in [-0.39, 0.29) is 12.3 Å². The number of aryl methyl sites for hydroxylation is 1. The molecule has 0 radical (unpaired) electrons. The highest BCUT2D eigenvalue weighted by molar-refractivity contribution is 5.89. The van der Waals surface area contributed by atoms with Crippen molar-refractivity contribution in [2.45, 2.75) is 46.1 Å². The molecule has 11 heteroatoms. The molecule has 1 amide bonds. The highest BCUT2D eigenvalue weighted by Gasteiger charge is 2.21. The summed E-state index contributed by atoms with van der Waals surface area (Å²) in [5, 5.41) is 7.01. The van der Waals surface area contributed by atoms with Crippen LogP contribution in [0.5, 0.6) is 5.75 Å². The van der Waals surface area contributed by atoms with Crippen molar-refractivity contribution in [3.8, 4) is 16.9 Å². The summed E-state index contributed by atoms with van der Waals surface area (Å²) < 4.78 is 34.0. The lowest BCUT2D eigenvalue weighted by Gasteiger charge is -2.19. The Morgan fingerprint density at radius 3 is 2.62 bits per heavy atom. The van der Waals surface area contributed by atoms with E-state index in [1.54, 1.807) is 24.0 Å². The Balaban J connectivity index is 1.52. The SMILES string of the molecule is COC(=O)c1nn(C)c(C)c1CCOc1cc(F)ccc1-c1ccc2ncc(CCNC(=O)OC(C)(C)C)n2c1. The molecule has 1 N–H and O–H groups in total. The van der Waals surface area contributed by atoms with Crippen molar-refractivity contribution in [3.05, 3.63) is 71.2 Å². The molecule has 0 saturated carbocycles. The zero-order valence-corrected chi connectivity index (χ0v) is 23.6. The quantitative estimate of drug-likeness (QED) is 0.302. The monoisotopic (exact) mass is 551 g/mol. The normalized spacial score (nSPS) is 11.5. The molecule has 4 aromatic rings. The predicted molar refractivity (Wildman–Crippen MR) is 147 cm³/mol. The number of imidazole rings is 1. The number of carbonyl (C=O) groups excluding carboxylic acids is 2. The molecule has 0 atom stereocenters. The number of pyridine rings is 1. The van der Waals surface area contributed by atoms with E-state index in [1.165, 1.54) is 19.2 Å². The Morgan fingerprint density at radius 2 is 1.90 bits per heavy atom. The van der Waals surface area contributed by atoms with Crippen LogP contribution in [0.4, 0.5) is 9.18 Å². The zero-order valence-electron chi connectivity index (χ0n) is 23.6. The standard InChI is InChI=1S/C29H34FN5O5/c1-18-22(26(27(36)38-6)33-34(18)5)12-14-39-24-15-20(30)8-9-23(24)19-7-10-25-32-16-21(35(25)17-19)11-13-31-28(37)40-29(2,3)4/h7-10,15-17H,11-14H2,1-6H3,(H,31,37). The van der Waals surface area contributed by atoms with Gasteiger partial charge in [0.05, 0.1) is 13.7 Å². The summed E-state index contributed by atoms with van der Waals surface area (Å²) in [7, 11) is 3.07. The molecule has 3 heterocycles. The first-order valence-electron chi connectivity index (χ1n) is 12.9. The Kier molecular flexibility index (Phi) is 8.41. The molecule has 0 unspecified atom stereocenters. The van der Waals surface area contributed by atoms with Crippen LogP contribution in [0, 0.1) is 12.7 Å². The van der Waals surface area contributed by atoms with Crippen LogP contribution in [-0.4, -0.2) is 57.1 Å². The third-order valence-electron chi connectivity index (χ3n) is 6.33. The van der Waals surface area contributed by atoms with Crippen molar-refractivity contribution < 1.29 is 28.2 Å². The number of rotatable bonds is 9. The average Bonchev–Trinajstić information content (AvgIpc) is 3.42. The Bertz CT molecular complexity index is 1540. The molecule has 1 aromatic carbocycles. The lowest BCUT2D eigenvalue weighted by molar-refractivity contribution is 0.0527. The molecule has 212 valence electrons. The molecule has 0 bridgehead atoms. The van der Waals surface area contributed by atoms with Crippen LogP contribution in [0.1, 0.15) is 48.2 Å². The summed E-state index contributed by atoms with van der Waals surface area (Å²) in [6.07, 6.45) is 4.10. The van der Waals surface area contributed by atoms with Gasteiger partial charge in [0.25, 0.3) is 0 Å². The maximum atomic E-state index is 14.3. The number of hydrogen-bond acceptors (Lipinski definition) is 7. The van der Waals surface area contributed by atoms with Crippen LogP contribution in [0.2, 0.25) is 0 Å². The van der Waals surface area contributed by atoms with E-state index in [2.05, 4.69) is 15.4 Å². The van der Waals surface area contributed by atoms with Gasteiger partial charge in [-0.25, -0.2) is 19.0 Å². The number of methoxy groups -OCH3 is 1. The fraction of sp³-hybridized carbons (Fsp3) is 0.379. The number of carbonyl (C=O) groups is 2. The van der Waals surface area contributed by atoms with E-state index in [1.807, 2.05) is 50.4 Å². The lowest BCUT2D eigenvalue weighted by atomic mass is 10.1. The Morgan fingerprint density at radius 1 is 1.12 bits per heavy atom. The number of fused-ring (bicyclic) bond motifs is 1. The van der Waals surface area contributed by atoms with Crippen molar-refractivity contribution in [2.75, 3.05) is 20.3 Å². The molecule has 3 aromatic heterocycles. The lowest BCUT2D eigenvalue weighted by Crippen LogP contribution is -2.33. The number of halogens is 1. The molecule has 40 heavy (non-hydrogen) atoms. The van der Waals surface area contributed by atoms with Crippen LogP contribution >= 0.6 is 0 Å². The largest absolute Gasteiger partial charge is 0.492 e. The van der Waals surface area contributed by atoms with Crippen LogP contribution < -0.4 is 10.1 Å². The molecule has 0 aliphatic carbocycles. The molecule has 0 aliphatic heterocycles. The maximum absolute atomic E-state index is 14.3. The van der Waals surface area contributed by atoms with Crippen molar-refractivity contribution >= 4 is 17.7 Å². The summed E-state index contributed by atoms with van der Waals surface area (Å²) in [6, 6.07) is 8.16. The number of benzene rings is 1. The molecule has 0 spiro atoms. The minimum atomic E-state index is -0.572. The van der Waals surface area contributed by atoms with Gasteiger partial charge >= 0.3 is 12.1 Å². The molecular weight excluding hydrogens is 517 g/mol. The number of esters is 1. The molecule has 0 aliphatic rings. The maximum Gasteiger partial charge on any atom is 0.407 e. The van der Waals surface area contributed by atoms with Crippen LogP contribution in [-0.2, 0) is 29.4 Å². The van der Waals surface area contributed by atoms with Gasteiger partial charge in [0.15, 0.2) is 5.69 Å². The van der Waals surface area contributed by atoms with Gasteiger partial charge < -0.3 is 23.9 Å². The van der Waals surface area contributed by atoms with Crippen molar-refractivity contribution in [1.82, 2.24) is 24.5 Å². The summed E-state index contributed by atoms with van der Waals surface area (Å²) in [5.41, 5.74) is 4.34. The minimum Gasteiger partial charge on any atom is -0.492 e. The summed E-state index contributed by atoms with van der Waals surface area (Å²) in [4.78, 5) is 28.6. The molecule has 10 nitrogen and oxygen atoms in total. The van der Waals surface area contributed by atoms with Gasteiger partial charge in [-0.15, -0.1) is 0 Å². The van der Waals surface area contributed by atoms with Gasteiger partial charge in [0.2, 0.25) is 0 Å². The van der Waals surface area contributed by atoms with E-state index >= 15 is 0 Å². The molecule has 4 rings (SSSR count). The van der Waals surface area contributed by atoms with Crippen LogP contribution in [0.15, 0.2) is 42.7 Å². The smallest absolute Gasteiger partial charge is 0.407 e. The van der Waals surface area contributed by atoms with E-state index in [4.69, 9.17) is 14.2 Å². The van der Waals surface area contributed by atoms with Crippen molar-refractivity contribution in [1.29, 1.82) is 0 Å². The van der Waals surface area contributed by atoms with Gasteiger partial charge in [-0.3, -0.25) is 4.68 Å². The van der Waals surface area contributed by atoms with Crippen molar-refractivity contribution in [3.63, 3.8) is 0 Å². The van der Waals surface area contributed by atoms with E-state index < -0.39 is 23.5 Å². The zero-order chi connectivity index (χ0) is 29.0. The molecule has 0 fully saturated rings. The van der Waals surface area contributed by atoms with Gasteiger partial charge in [-0.05, 0) is 52.0 Å². The topological polar surface area (TPSA) is 109 Å². The Hall–Kier alpha value is -4.41. The number of nitrogens with zero attached hydrogens (tertiary/aromatic N) is 4. The van der Waals surface area contributed by atoms with Gasteiger partial charge in [-0.1, -0.05) is 0 Å². The van der Waals surface area contributed by atoms with E-state index in [0.29, 0.717) is 30.7 Å². The number of alkyl carbamates (subject to hydrolysis) is 1. The first kappa shape index (κ1) is 28.6. The fourth-order valence-electron chi connectivity index (χ4n) is 4.31. The average molecular weight is 552 g/mol. The number of nitrogens with one attached hydrogen (secondary N) is 1. The summed E-state index contributed by atoms with van der Waals surface area (Å²) in [5.74, 6) is -0.575. The third-order valence-corrected chi connectivity index (χ3v) is 6.33. The first-order chi connectivity index (χ1) is 19.0.